The van der Waals surface area contributed by atoms with Crippen LogP contribution in [0.3, 0.4) is 0 Å². The summed E-state index contributed by atoms with van der Waals surface area (Å²) in [4.78, 5) is 0. The lowest BCUT2D eigenvalue weighted by molar-refractivity contribution is 1.10. The zero-order valence-corrected chi connectivity index (χ0v) is 21.6. The average Bonchev–Trinajstić information content (AvgIpc) is 3.46. The van der Waals surface area contributed by atoms with Crippen LogP contribution in [0, 0.1) is 6.92 Å². The van der Waals surface area contributed by atoms with Crippen LogP contribution in [0.4, 0.5) is 0 Å². The Morgan fingerprint density at radius 1 is 0.500 bits per heavy atom. The van der Waals surface area contributed by atoms with Crippen LogP contribution in [0.2, 0.25) is 0 Å². The summed E-state index contributed by atoms with van der Waals surface area (Å²) in [7, 11) is 0. The molecule has 0 bridgehead atoms. The Kier molecular flexibility index (Phi) is 5.26. The molecule has 38 heavy (non-hydrogen) atoms. The van der Waals surface area contributed by atoms with Crippen molar-refractivity contribution in [3.05, 3.63) is 139 Å². The van der Waals surface area contributed by atoms with Crippen molar-refractivity contribution in [2.24, 2.45) is 0 Å². The van der Waals surface area contributed by atoms with Gasteiger partial charge in [-0.05, 0) is 79.1 Å². The normalized spacial score (nSPS) is 11.8. The molecule has 0 aliphatic rings. The van der Waals surface area contributed by atoms with Crippen molar-refractivity contribution >= 4 is 38.8 Å². The molecular formula is C36H28N2. The highest BCUT2D eigenvalue weighted by Crippen LogP contribution is 2.35. The van der Waals surface area contributed by atoms with Gasteiger partial charge in [-0.2, -0.15) is 0 Å². The number of rotatable bonds is 4. The van der Waals surface area contributed by atoms with Crippen LogP contribution < -0.4 is 0 Å². The third kappa shape index (κ3) is 3.42. The van der Waals surface area contributed by atoms with Gasteiger partial charge in [-0.1, -0.05) is 84.9 Å². The molecule has 0 atom stereocenters. The number of fused-ring (bicyclic) bond motifs is 4. The lowest BCUT2D eigenvalue weighted by Crippen LogP contribution is -1.98. The summed E-state index contributed by atoms with van der Waals surface area (Å²) >= 11 is 0. The molecule has 0 saturated carbocycles. The highest BCUT2D eigenvalue weighted by Gasteiger charge is 2.15. The fraction of sp³-hybridized carbons (Fsp3) is 0.0556. The van der Waals surface area contributed by atoms with Crippen LogP contribution in [0.15, 0.2) is 127 Å². The van der Waals surface area contributed by atoms with Crippen molar-refractivity contribution in [3.63, 3.8) is 0 Å². The first kappa shape index (κ1) is 22.4. The number of aryl methyl sites for hydroxylation is 1. The van der Waals surface area contributed by atoms with E-state index in [2.05, 4.69) is 156 Å². The maximum Gasteiger partial charge on any atom is 0.0541 e. The fourth-order valence-corrected chi connectivity index (χ4v) is 5.91. The van der Waals surface area contributed by atoms with Gasteiger partial charge in [0.2, 0.25) is 0 Å². The van der Waals surface area contributed by atoms with E-state index >= 15 is 0 Å². The zero-order chi connectivity index (χ0) is 25.6. The van der Waals surface area contributed by atoms with E-state index in [9.17, 15) is 0 Å². The molecule has 0 aliphatic heterocycles. The number of hydrogen-bond donors (Lipinski definition) is 0. The van der Waals surface area contributed by atoms with E-state index in [4.69, 9.17) is 0 Å². The summed E-state index contributed by atoms with van der Waals surface area (Å²) in [6.45, 7) is 4.30. The van der Waals surface area contributed by atoms with Gasteiger partial charge in [0.1, 0.15) is 0 Å². The topological polar surface area (TPSA) is 9.86 Å². The minimum atomic E-state index is 1.17. The molecule has 0 saturated heterocycles. The molecule has 2 heterocycles. The van der Waals surface area contributed by atoms with E-state index in [1.165, 1.54) is 66.5 Å². The van der Waals surface area contributed by atoms with Crippen molar-refractivity contribution in [2.45, 2.75) is 13.8 Å². The number of allylic oxidation sites excluding steroid dienone is 1. The van der Waals surface area contributed by atoms with Gasteiger partial charge >= 0.3 is 0 Å². The first-order chi connectivity index (χ1) is 18.7. The van der Waals surface area contributed by atoms with E-state index in [1.807, 2.05) is 0 Å². The van der Waals surface area contributed by atoms with E-state index in [-0.39, 0.29) is 0 Å². The molecular weight excluding hydrogens is 460 g/mol. The first-order valence-corrected chi connectivity index (χ1v) is 13.2. The molecule has 0 amide bonds. The quantitative estimate of drug-likeness (QED) is 0.233. The van der Waals surface area contributed by atoms with E-state index in [1.54, 1.807) is 0 Å². The molecule has 0 spiro atoms. The van der Waals surface area contributed by atoms with E-state index < -0.39 is 0 Å². The minimum absolute atomic E-state index is 1.17. The number of nitrogens with zero attached hydrogens (tertiary/aromatic N) is 2. The smallest absolute Gasteiger partial charge is 0.0541 e. The van der Waals surface area contributed by atoms with Gasteiger partial charge in [0.05, 0.1) is 16.6 Å². The summed E-state index contributed by atoms with van der Waals surface area (Å²) in [5.74, 6) is 0. The summed E-state index contributed by atoms with van der Waals surface area (Å²) in [5, 5.41) is 3.85. The average molecular weight is 489 g/mol. The highest BCUT2D eigenvalue weighted by atomic mass is 15.0. The second kappa shape index (κ2) is 8.93. The van der Waals surface area contributed by atoms with Gasteiger partial charge in [0.25, 0.3) is 0 Å². The lowest BCUT2D eigenvalue weighted by Gasteiger charge is -2.13. The van der Waals surface area contributed by atoms with Crippen molar-refractivity contribution in [2.75, 3.05) is 0 Å². The Balaban J connectivity index is 1.41. The number of aromatic nitrogens is 2. The van der Waals surface area contributed by atoms with Crippen molar-refractivity contribution < 1.29 is 0 Å². The lowest BCUT2D eigenvalue weighted by atomic mass is 10.0. The second-order valence-corrected chi connectivity index (χ2v) is 9.83. The molecule has 2 aromatic heterocycles. The van der Waals surface area contributed by atoms with Crippen LogP contribution >= 0.6 is 0 Å². The van der Waals surface area contributed by atoms with Crippen LogP contribution in [0.5, 0.6) is 0 Å². The van der Waals surface area contributed by atoms with Gasteiger partial charge in [0, 0.05) is 33.2 Å². The highest BCUT2D eigenvalue weighted by molar-refractivity contribution is 6.09. The predicted octanol–water partition coefficient (Wildman–Crippen LogP) is 9.74. The Bertz CT molecular complexity index is 1940. The standard InChI is InChI=1S/C36H28N2/c1-3-12-33-25(2)30-17-4-7-20-34(30)37(33)28-15-10-13-26(23-28)27-14-11-16-29(24-27)38-35-21-8-5-18-31(35)32-19-6-9-22-36(32)38/h3-24H,1-2H3/b12-3-. The minimum Gasteiger partial charge on any atom is -0.310 e. The van der Waals surface area contributed by atoms with Crippen LogP contribution in [0.25, 0.3) is 61.3 Å². The molecule has 0 aliphatic carbocycles. The van der Waals surface area contributed by atoms with Gasteiger partial charge in [-0.15, -0.1) is 0 Å². The zero-order valence-electron chi connectivity index (χ0n) is 21.6. The molecule has 0 fully saturated rings. The molecule has 0 radical (unpaired) electrons. The van der Waals surface area contributed by atoms with Crippen molar-refractivity contribution in [3.8, 4) is 22.5 Å². The largest absolute Gasteiger partial charge is 0.310 e. The molecule has 5 aromatic carbocycles. The third-order valence-corrected chi connectivity index (χ3v) is 7.62. The summed E-state index contributed by atoms with van der Waals surface area (Å²) in [5.41, 5.74) is 11.0. The Labute approximate surface area is 222 Å². The molecule has 7 aromatic rings. The van der Waals surface area contributed by atoms with Crippen molar-refractivity contribution in [1.29, 1.82) is 0 Å². The maximum absolute atomic E-state index is 2.38. The van der Waals surface area contributed by atoms with Crippen molar-refractivity contribution in [1.82, 2.24) is 9.13 Å². The molecule has 2 heteroatoms. The SMILES string of the molecule is C/C=C\c1c(C)c2ccccc2n1-c1cccc(-c2cccc(-n3c4ccccc4c4ccccc43)c2)c1. The van der Waals surface area contributed by atoms with Gasteiger partial charge in [-0.3, -0.25) is 0 Å². The Morgan fingerprint density at radius 2 is 0.974 bits per heavy atom. The van der Waals surface area contributed by atoms with Gasteiger partial charge in [-0.25, -0.2) is 0 Å². The number of benzene rings is 5. The fourth-order valence-electron chi connectivity index (χ4n) is 5.91. The maximum atomic E-state index is 2.38. The van der Waals surface area contributed by atoms with Crippen LogP contribution in [-0.4, -0.2) is 9.13 Å². The molecule has 182 valence electrons. The number of hydrogen-bond acceptors (Lipinski definition) is 0. The Morgan fingerprint density at radius 3 is 1.53 bits per heavy atom. The summed E-state index contributed by atoms with van der Waals surface area (Å²) in [6.07, 6.45) is 4.33. The molecule has 0 unspecified atom stereocenters. The molecule has 7 rings (SSSR count). The second-order valence-electron chi connectivity index (χ2n) is 9.83. The van der Waals surface area contributed by atoms with Crippen LogP contribution in [-0.2, 0) is 0 Å². The predicted molar refractivity (Wildman–Crippen MR) is 162 cm³/mol. The van der Waals surface area contributed by atoms with E-state index in [0.717, 1.165) is 0 Å². The molecule has 2 nitrogen and oxygen atoms in total. The third-order valence-electron chi connectivity index (χ3n) is 7.62. The van der Waals surface area contributed by atoms with Crippen LogP contribution in [0.1, 0.15) is 18.2 Å². The Hall–Kier alpha value is -4.82. The first-order valence-electron chi connectivity index (χ1n) is 13.2. The monoisotopic (exact) mass is 488 g/mol. The summed E-state index contributed by atoms with van der Waals surface area (Å²) < 4.78 is 4.76. The molecule has 0 N–H and O–H groups in total. The van der Waals surface area contributed by atoms with Gasteiger partial charge < -0.3 is 9.13 Å². The van der Waals surface area contributed by atoms with Gasteiger partial charge in [0.15, 0.2) is 0 Å². The number of para-hydroxylation sites is 3. The summed E-state index contributed by atoms with van der Waals surface area (Å²) in [6, 6.07) is 43.8. The van der Waals surface area contributed by atoms with E-state index in [0.29, 0.717) is 0 Å².